The molecule has 0 radical (unpaired) electrons. The first-order chi connectivity index (χ1) is 10.6. The van der Waals surface area contributed by atoms with Crippen molar-refractivity contribution in [3.63, 3.8) is 0 Å². The van der Waals surface area contributed by atoms with E-state index in [0.717, 1.165) is 0 Å². The normalized spacial score (nSPS) is 18.5. The van der Waals surface area contributed by atoms with Gasteiger partial charge in [0.25, 0.3) is 0 Å². The van der Waals surface area contributed by atoms with Gasteiger partial charge in [0.2, 0.25) is 0 Å². The van der Waals surface area contributed by atoms with Gasteiger partial charge in [-0.3, -0.25) is 4.79 Å². The zero-order valence-electron chi connectivity index (χ0n) is 13.7. The fourth-order valence-electron chi connectivity index (χ4n) is 2.15. The highest BCUT2D eigenvalue weighted by atomic mass is 19.1. The van der Waals surface area contributed by atoms with Crippen LogP contribution in [0.3, 0.4) is 0 Å². The quantitative estimate of drug-likeness (QED) is 0.630. The van der Waals surface area contributed by atoms with E-state index in [0.29, 0.717) is 5.56 Å². The summed E-state index contributed by atoms with van der Waals surface area (Å²) in [5, 5.41) is 8.67. The summed E-state index contributed by atoms with van der Waals surface area (Å²) in [5.41, 5.74) is -0.580. The number of benzene rings is 1. The summed E-state index contributed by atoms with van der Waals surface area (Å²) >= 11 is 0. The molecule has 0 aliphatic carbocycles. The predicted molar refractivity (Wildman–Crippen MR) is 81.8 cm³/mol. The SMILES string of the molecule is CC1(C)OB(CC(=O)OCc2ccc(C#N)c(F)c2)OC1(C)C. The summed E-state index contributed by atoms with van der Waals surface area (Å²) in [4.78, 5) is 11.9. The van der Waals surface area contributed by atoms with Crippen LogP contribution < -0.4 is 0 Å². The van der Waals surface area contributed by atoms with Gasteiger partial charge in [-0.25, -0.2) is 4.39 Å². The number of hydrogen-bond donors (Lipinski definition) is 0. The average Bonchev–Trinajstić information content (AvgIpc) is 2.64. The number of carbonyl (C=O) groups is 1. The molecule has 23 heavy (non-hydrogen) atoms. The molecule has 0 amide bonds. The van der Waals surface area contributed by atoms with Gasteiger partial charge in [0.05, 0.1) is 23.1 Å². The van der Waals surface area contributed by atoms with Crippen LogP contribution in [0.4, 0.5) is 4.39 Å². The minimum absolute atomic E-state index is 0.0361. The summed E-state index contributed by atoms with van der Waals surface area (Å²) in [6, 6.07) is 5.82. The van der Waals surface area contributed by atoms with E-state index in [4.69, 9.17) is 19.3 Å². The number of hydrogen-bond acceptors (Lipinski definition) is 5. The number of nitriles is 1. The van der Waals surface area contributed by atoms with Gasteiger partial charge < -0.3 is 14.0 Å². The molecule has 1 aromatic carbocycles. The highest BCUT2D eigenvalue weighted by Crippen LogP contribution is 2.37. The van der Waals surface area contributed by atoms with Crippen LogP contribution in [0.5, 0.6) is 0 Å². The van der Waals surface area contributed by atoms with E-state index in [1.807, 2.05) is 27.7 Å². The van der Waals surface area contributed by atoms with Gasteiger partial charge in [-0.1, -0.05) is 6.07 Å². The van der Waals surface area contributed by atoms with E-state index in [9.17, 15) is 9.18 Å². The highest BCUT2D eigenvalue weighted by Gasteiger charge is 2.51. The number of carbonyl (C=O) groups excluding carboxylic acids is 1. The fourth-order valence-corrected chi connectivity index (χ4v) is 2.15. The molecule has 1 aliphatic heterocycles. The lowest BCUT2D eigenvalue weighted by atomic mass is 9.85. The Hall–Kier alpha value is -1.91. The molecule has 7 heteroatoms. The predicted octanol–water partition coefficient (Wildman–Crippen LogP) is 2.83. The van der Waals surface area contributed by atoms with Crippen LogP contribution >= 0.6 is 0 Å². The molecule has 122 valence electrons. The molecule has 1 saturated heterocycles. The first kappa shape index (κ1) is 17.4. The summed E-state index contributed by atoms with van der Waals surface area (Å²) < 4.78 is 30.0. The third kappa shape index (κ3) is 3.90. The molecule has 0 bridgehead atoms. The van der Waals surface area contributed by atoms with Crippen LogP contribution in [-0.4, -0.2) is 24.3 Å². The fraction of sp³-hybridized carbons (Fsp3) is 0.500. The molecular formula is C16H19BFNO4. The van der Waals surface area contributed by atoms with Crippen LogP contribution in [0.1, 0.15) is 38.8 Å². The van der Waals surface area contributed by atoms with Gasteiger partial charge in [0.1, 0.15) is 18.5 Å². The van der Waals surface area contributed by atoms with Crippen molar-refractivity contribution in [3.8, 4) is 6.07 Å². The maximum absolute atomic E-state index is 13.5. The van der Waals surface area contributed by atoms with Crippen LogP contribution in [0.25, 0.3) is 0 Å². The van der Waals surface area contributed by atoms with Crippen molar-refractivity contribution < 1.29 is 23.2 Å². The first-order valence-corrected chi connectivity index (χ1v) is 7.34. The minimum Gasteiger partial charge on any atom is -0.461 e. The van der Waals surface area contributed by atoms with Crippen molar-refractivity contribution in [1.82, 2.24) is 0 Å². The van der Waals surface area contributed by atoms with Crippen molar-refractivity contribution in [2.75, 3.05) is 0 Å². The van der Waals surface area contributed by atoms with Crippen LogP contribution in [-0.2, 0) is 25.4 Å². The molecule has 0 spiro atoms. The summed E-state index contributed by atoms with van der Waals surface area (Å²) in [5.74, 6) is -1.12. The second-order valence-electron chi connectivity index (χ2n) is 6.48. The second-order valence-corrected chi connectivity index (χ2v) is 6.48. The number of rotatable bonds is 4. The number of ether oxygens (including phenoxy) is 1. The maximum Gasteiger partial charge on any atom is 0.469 e. The van der Waals surface area contributed by atoms with E-state index >= 15 is 0 Å². The standard InChI is InChI=1S/C16H19BFNO4/c1-15(2)16(3,4)23-17(22-15)8-14(20)21-10-11-5-6-12(9-19)13(18)7-11/h5-7H,8,10H2,1-4H3. The molecule has 1 heterocycles. The third-order valence-electron chi connectivity index (χ3n) is 4.19. The summed E-state index contributed by atoms with van der Waals surface area (Å²) in [6.07, 6.45) is -0.0361. The van der Waals surface area contributed by atoms with Crippen molar-refractivity contribution in [2.45, 2.75) is 51.8 Å². The first-order valence-electron chi connectivity index (χ1n) is 7.34. The molecule has 1 fully saturated rings. The molecule has 0 aromatic heterocycles. The molecule has 1 aromatic rings. The molecular weight excluding hydrogens is 300 g/mol. The Morgan fingerprint density at radius 3 is 2.43 bits per heavy atom. The smallest absolute Gasteiger partial charge is 0.461 e. The van der Waals surface area contributed by atoms with Gasteiger partial charge in [-0.2, -0.15) is 5.26 Å². The molecule has 2 rings (SSSR count). The molecule has 0 unspecified atom stereocenters. The Labute approximate surface area is 135 Å². The lowest BCUT2D eigenvalue weighted by molar-refractivity contribution is -0.142. The van der Waals surface area contributed by atoms with E-state index in [1.54, 1.807) is 12.1 Å². The van der Waals surface area contributed by atoms with E-state index in [1.165, 1.54) is 12.1 Å². The van der Waals surface area contributed by atoms with Gasteiger partial charge in [-0.15, -0.1) is 0 Å². The van der Waals surface area contributed by atoms with Gasteiger partial charge in [0, 0.05) is 0 Å². The molecule has 1 aliphatic rings. The Bertz CT molecular complexity index is 638. The maximum atomic E-state index is 13.5. The van der Waals surface area contributed by atoms with Gasteiger partial charge in [0.15, 0.2) is 0 Å². The Kier molecular flexibility index (Phi) is 4.78. The molecule has 5 nitrogen and oxygen atoms in total. The molecule has 0 saturated carbocycles. The van der Waals surface area contributed by atoms with Crippen LogP contribution in [0, 0.1) is 17.1 Å². The number of nitrogens with zero attached hydrogens (tertiary/aromatic N) is 1. The minimum atomic E-state index is -0.662. The number of esters is 1. The lowest BCUT2D eigenvalue weighted by Gasteiger charge is -2.32. The summed E-state index contributed by atoms with van der Waals surface area (Å²) in [7, 11) is -0.662. The monoisotopic (exact) mass is 319 g/mol. The Morgan fingerprint density at radius 1 is 1.30 bits per heavy atom. The van der Waals surface area contributed by atoms with Crippen molar-refractivity contribution >= 4 is 13.1 Å². The zero-order valence-corrected chi connectivity index (χ0v) is 13.7. The van der Waals surface area contributed by atoms with E-state index < -0.39 is 30.1 Å². The van der Waals surface area contributed by atoms with Crippen molar-refractivity contribution in [1.29, 1.82) is 5.26 Å². The highest BCUT2D eigenvalue weighted by molar-refractivity contribution is 6.49. The largest absolute Gasteiger partial charge is 0.469 e. The average molecular weight is 319 g/mol. The van der Waals surface area contributed by atoms with E-state index in [2.05, 4.69) is 0 Å². The van der Waals surface area contributed by atoms with E-state index in [-0.39, 0.29) is 18.5 Å². The third-order valence-corrected chi connectivity index (χ3v) is 4.19. The number of halogens is 1. The van der Waals surface area contributed by atoms with Crippen molar-refractivity contribution in [3.05, 3.63) is 35.1 Å². The van der Waals surface area contributed by atoms with Gasteiger partial charge in [-0.05, 0) is 45.4 Å². The summed E-state index contributed by atoms with van der Waals surface area (Å²) in [6.45, 7) is 7.53. The second kappa shape index (κ2) is 6.30. The van der Waals surface area contributed by atoms with Gasteiger partial charge >= 0.3 is 13.1 Å². The molecule has 0 N–H and O–H groups in total. The van der Waals surface area contributed by atoms with Crippen LogP contribution in [0.15, 0.2) is 18.2 Å². The topological polar surface area (TPSA) is 68.5 Å². The van der Waals surface area contributed by atoms with Crippen molar-refractivity contribution in [2.24, 2.45) is 0 Å². The Morgan fingerprint density at radius 2 is 1.91 bits per heavy atom. The Balaban J connectivity index is 1.87. The zero-order chi connectivity index (χ0) is 17.3. The molecule has 0 atom stereocenters. The van der Waals surface area contributed by atoms with Crippen LogP contribution in [0.2, 0.25) is 6.32 Å². The lowest BCUT2D eigenvalue weighted by Crippen LogP contribution is -2.41.